The minimum Gasteiger partial charge on any atom is -0.465 e. The highest BCUT2D eigenvalue weighted by atomic mass is 79.9. The van der Waals surface area contributed by atoms with E-state index in [-0.39, 0.29) is 5.97 Å². The smallest absolute Gasteiger partial charge is 0.324 e. The molecule has 0 saturated heterocycles. The third kappa shape index (κ3) is 4.09. The zero-order chi connectivity index (χ0) is 17.6. The van der Waals surface area contributed by atoms with Gasteiger partial charge in [0.1, 0.15) is 4.83 Å². The molecule has 0 fully saturated rings. The molecule has 0 spiro atoms. The molecule has 0 aliphatic heterocycles. The summed E-state index contributed by atoms with van der Waals surface area (Å²) < 4.78 is 5.11. The van der Waals surface area contributed by atoms with Crippen molar-refractivity contribution in [2.45, 2.75) is 11.8 Å². The number of esters is 1. The van der Waals surface area contributed by atoms with Crippen molar-refractivity contribution in [2.24, 2.45) is 0 Å². The van der Waals surface area contributed by atoms with E-state index in [0.29, 0.717) is 18.0 Å². The van der Waals surface area contributed by atoms with Gasteiger partial charge in [0.25, 0.3) is 0 Å². The molecule has 3 aromatic rings. The molecule has 25 heavy (non-hydrogen) atoms. The lowest BCUT2D eigenvalue weighted by Gasteiger charge is -2.12. The van der Waals surface area contributed by atoms with E-state index in [4.69, 9.17) is 4.74 Å². The average molecular weight is 398 g/mol. The average Bonchev–Trinajstić information content (AvgIpc) is 2.68. The summed E-state index contributed by atoms with van der Waals surface area (Å²) in [6.07, 6.45) is 3.42. The normalized spacial score (nSPS) is 11.8. The summed E-state index contributed by atoms with van der Waals surface area (Å²) in [5, 5.41) is 0. The third-order valence-electron chi connectivity index (χ3n) is 3.49. The van der Waals surface area contributed by atoms with Crippen LogP contribution in [0.1, 0.15) is 17.3 Å². The van der Waals surface area contributed by atoms with Crippen molar-refractivity contribution in [2.75, 3.05) is 6.61 Å². The third-order valence-corrected chi connectivity index (χ3v) is 4.39. The van der Waals surface area contributed by atoms with Gasteiger partial charge in [-0.05, 0) is 48.9 Å². The first-order valence-electron chi connectivity index (χ1n) is 7.84. The van der Waals surface area contributed by atoms with Crippen LogP contribution in [0, 0.1) is 0 Å². The number of carbonyl (C=O) groups excluding carboxylic acids is 1. The Labute approximate surface area is 154 Å². The van der Waals surface area contributed by atoms with Gasteiger partial charge < -0.3 is 4.74 Å². The molecule has 1 atom stereocenters. The van der Waals surface area contributed by atoms with Crippen LogP contribution in [0.5, 0.6) is 0 Å². The SMILES string of the molecule is CCOC(=O)[C@@H](Br)c1cc(-c2ccccn2)nc(-c2ccccn2)c1. The number of aromatic nitrogens is 3. The Kier molecular flexibility index (Phi) is 5.50. The Balaban J connectivity index is 2.10. The number of hydrogen-bond acceptors (Lipinski definition) is 5. The van der Waals surface area contributed by atoms with E-state index in [1.54, 1.807) is 19.3 Å². The molecule has 0 aromatic carbocycles. The quantitative estimate of drug-likeness (QED) is 0.476. The molecule has 3 aromatic heterocycles. The summed E-state index contributed by atoms with van der Waals surface area (Å²) in [6, 6.07) is 14.9. The van der Waals surface area contributed by atoms with Gasteiger partial charge in [-0.15, -0.1) is 0 Å². The number of rotatable bonds is 5. The molecule has 6 heteroatoms. The summed E-state index contributed by atoms with van der Waals surface area (Å²) in [6.45, 7) is 2.11. The molecular weight excluding hydrogens is 382 g/mol. The van der Waals surface area contributed by atoms with E-state index in [1.807, 2.05) is 48.5 Å². The lowest BCUT2D eigenvalue weighted by molar-refractivity contribution is -0.142. The summed E-state index contributed by atoms with van der Waals surface area (Å²) in [5.41, 5.74) is 3.55. The summed E-state index contributed by atoms with van der Waals surface area (Å²) in [5.74, 6) is -0.340. The molecule has 0 aliphatic rings. The molecule has 0 N–H and O–H groups in total. The number of alkyl halides is 1. The van der Waals surface area contributed by atoms with E-state index in [9.17, 15) is 4.79 Å². The van der Waals surface area contributed by atoms with Gasteiger partial charge in [0.2, 0.25) is 0 Å². The first-order chi connectivity index (χ1) is 12.2. The number of nitrogens with zero attached hydrogens (tertiary/aromatic N) is 3. The summed E-state index contributed by atoms with van der Waals surface area (Å²) in [7, 11) is 0. The Hall–Kier alpha value is -2.60. The largest absolute Gasteiger partial charge is 0.465 e. The van der Waals surface area contributed by atoms with Crippen molar-refractivity contribution >= 4 is 21.9 Å². The monoisotopic (exact) mass is 397 g/mol. The second kappa shape index (κ2) is 7.98. The Morgan fingerprint density at radius 2 is 1.56 bits per heavy atom. The highest BCUT2D eigenvalue weighted by molar-refractivity contribution is 9.09. The van der Waals surface area contributed by atoms with Gasteiger partial charge in [0.15, 0.2) is 0 Å². The zero-order valence-corrected chi connectivity index (χ0v) is 15.2. The Bertz CT molecular complexity index is 799. The fourth-order valence-electron chi connectivity index (χ4n) is 2.34. The molecule has 0 aliphatic carbocycles. The molecule has 0 bridgehead atoms. The van der Waals surface area contributed by atoms with Gasteiger partial charge in [0, 0.05) is 12.4 Å². The second-order valence-electron chi connectivity index (χ2n) is 5.22. The fourth-order valence-corrected chi connectivity index (χ4v) is 2.74. The Morgan fingerprint density at radius 3 is 2.00 bits per heavy atom. The summed E-state index contributed by atoms with van der Waals surface area (Å²) in [4.78, 5) is 24.9. The maximum absolute atomic E-state index is 12.1. The van der Waals surface area contributed by atoms with Crippen LogP contribution in [0.25, 0.3) is 22.8 Å². The predicted molar refractivity (Wildman–Crippen MR) is 99.0 cm³/mol. The molecule has 3 heterocycles. The van der Waals surface area contributed by atoms with E-state index < -0.39 is 4.83 Å². The number of halogens is 1. The van der Waals surface area contributed by atoms with Crippen LogP contribution in [-0.4, -0.2) is 27.5 Å². The molecule has 3 rings (SSSR count). The van der Waals surface area contributed by atoms with Gasteiger partial charge in [0.05, 0.1) is 29.4 Å². The van der Waals surface area contributed by atoms with Crippen molar-refractivity contribution < 1.29 is 9.53 Å². The van der Waals surface area contributed by atoms with Gasteiger partial charge >= 0.3 is 5.97 Å². The summed E-state index contributed by atoms with van der Waals surface area (Å²) >= 11 is 3.42. The lowest BCUT2D eigenvalue weighted by atomic mass is 10.1. The van der Waals surface area contributed by atoms with E-state index in [2.05, 4.69) is 30.9 Å². The minimum atomic E-state index is -0.583. The molecule has 126 valence electrons. The van der Waals surface area contributed by atoms with Crippen LogP contribution in [-0.2, 0) is 9.53 Å². The molecule has 0 unspecified atom stereocenters. The van der Waals surface area contributed by atoms with Crippen molar-refractivity contribution in [3.63, 3.8) is 0 Å². The zero-order valence-electron chi connectivity index (χ0n) is 13.6. The Morgan fingerprint density at radius 1 is 1.00 bits per heavy atom. The van der Waals surface area contributed by atoms with Gasteiger partial charge in [-0.1, -0.05) is 28.1 Å². The number of ether oxygens (including phenoxy) is 1. The second-order valence-corrected chi connectivity index (χ2v) is 6.13. The maximum atomic E-state index is 12.1. The standard InChI is InChI=1S/C19H16BrN3O2/c1-2-25-19(24)18(20)13-11-16(14-7-3-5-9-21-14)23-17(12-13)15-8-4-6-10-22-15/h3-12,18H,2H2,1H3/t18-/m0/s1. The van der Waals surface area contributed by atoms with Gasteiger partial charge in [-0.25, -0.2) is 4.98 Å². The van der Waals surface area contributed by atoms with Gasteiger partial charge in [-0.2, -0.15) is 0 Å². The molecule has 0 saturated carbocycles. The van der Waals surface area contributed by atoms with Crippen LogP contribution in [0.4, 0.5) is 0 Å². The molecule has 0 radical (unpaired) electrons. The van der Waals surface area contributed by atoms with E-state index in [0.717, 1.165) is 17.0 Å². The van der Waals surface area contributed by atoms with Crippen LogP contribution in [0.3, 0.4) is 0 Å². The molecule has 0 amide bonds. The first-order valence-corrected chi connectivity index (χ1v) is 8.76. The van der Waals surface area contributed by atoms with Crippen molar-refractivity contribution in [1.82, 2.24) is 15.0 Å². The van der Waals surface area contributed by atoms with Gasteiger partial charge in [-0.3, -0.25) is 14.8 Å². The lowest BCUT2D eigenvalue weighted by Crippen LogP contribution is -2.11. The van der Waals surface area contributed by atoms with Crippen LogP contribution >= 0.6 is 15.9 Å². The molecule has 5 nitrogen and oxygen atoms in total. The molecular formula is C19H16BrN3O2. The van der Waals surface area contributed by atoms with Crippen LogP contribution < -0.4 is 0 Å². The highest BCUT2D eigenvalue weighted by Crippen LogP contribution is 2.30. The van der Waals surface area contributed by atoms with Crippen molar-refractivity contribution in [3.8, 4) is 22.8 Å². The van der Waals surface area contributed by atoms with E-state index >= 15 is 0 Å². The van der Waals surface area contributed by atoms with E-state index in [1.165, 1.54) is 0 Å². The minimum absolute atomic E-state index is 0.326. The fraction of sp³-hybridized carbons (Fsp3) is 0.158. The van der Waals surface area contributed by atoms with Crippen molar-refractivity contribution in [3.05, 3.63) is 66.5 Å². The number of hydrogen-bond donors (Lipinski definition) is 0. The predicted octanol–water partition coefficient (Wildman–Crippen LogP) is 4.20. The first kappa shape index (κ1) is 17.2. The highest BCUT2D eigenvalue weighted by Gasteiger charge is 2.21. The maximum Gasteiger partial charge on any atom is 0.324 e. The topological polar surface area (TPSA) is 65.0 Å². The van der Waals surface area contributed by atoms with Crippen LogP contribution in [0.15, 0.2) is 60.9 Å². The number of carbonyl (C=O) groups is 1. The van der Waals surface area contributed by atoms with Crippen molar-refractivity contribution in [1.29, 1.82) is 0 Å². The number of pyridine rings is 3. The van der Waals surface area contributed by atoms with Crippen LogP contribution in [0.2, 0.25) is 0 Å².